The number of nitrogens with zero attached hydrogens (tertiary/aromatic N) is 2. The summed E-state index contributed by atoms with van der Waals surface area (Å²) in [6.45, 7) is 8.30. The molecule has 1 atom stereocenters. The first-order valence-corrected chi connectivity index (χ1v) is 25.7. The molecule has 0 N–H and O–H groups in total. The molecule has 0 saturated heterocycles. The topological polar surface area (TPSA) is 38.9 Å². The van der Waals surface area contributed by atoms with E-state index in [-0.39, 0.29) is 26.0 Å². The third-order valence-electron chi connectivity index (χ3n) is 9.99. The van der Waals surface area contributed by atoms with E-state index in [2.05, 4.69) is 140 Å². The Morgan fingerprint density at radius 3 is 2.00 bits per heavy atom. The molecule has 0 amide bonds. The third kappa shape index (κ3) is 8.52. The molecule has 0 aliphatic rings. The minimum Gasteiger partial charge on any atom is -0.501 e. The van der Waals surface area contributed by atoms with E-state index in [1.54, 1.807) is 6.20 Å². The van der Waals surface area contributed by atoms with E-state index in [1.165, 1.54) is 21.1 Å². The van der Waals surface area contributed by atoms with Crippen molar-refractivity contribution in [2.45, 2.75) is 50.9 Å². The van der Waals surface area contributed by atoms with Gasteiger partial charge in [0.2, 0.25) is 0 Å². The molecule has 8 rings (SSSR count). The average Bonchev–Trinajstić information content (AvgIpc) is 3.57. The van der Waals surface area contributed by atoms with E-state index in [4.69, 9.17) is 10.8 Å². The Kier molecular flexibility index (Phi) is 11.7. The van der Waals surface area contributed by atoms with Crippen LogP contribution in [0.15, 0.2) is 144 Å². The number of aryl methyl sites for hydroxylation is 1. The maximum absolute atomic E-state index is 8.78. The molecule has 0 fully saturated rings. The molecule has 273 valence electrons. The summed E-state index contributed by atoms with van der Waals surface area (Å²) >= 11 is -1.83. The first-order chi connectivity index (χ1) is 25.9. The molecular weight excluding hydrogens is 897 g/mol. The van der Waals surface area contributed by atoms with Gasteiger partial charge in [-0.05, 0) is 40.8 Å². The quantitative estimate of drug-likeness (QED) is 0.118. The number of aromatic nitrogens is 2. The molecule has 0 aliphatic heterocycles. The van der Waals surface area contributed by atoms with Crippen LogP contribution in [0, 0.1) is 25.0 Å². The van der Waals surface area contributed by atoms with Gasteiger partial charge in [-0.2, -0.15) is 0 Å². The van der Waals surface area contributed by atoms with Crippen molar-refractivity contribution in [1.29, 1.82) is 0 Å². The zero-order valence-corrected chi connectivity index (χ0v) is 36.5. The molecule has 0 aliphatic carbocycles. The van der Waals surface area contributed by atoms with Gasteiger partial charge in [0.05, 0.1) is 5.58 Å². The Morgan fingerprint density at radius 1 is 0.685 bits per heavy atom. The van der Waals surface area contributed by atoms with Gasteiger partial charge < -0.3 is 9.40 Å². The minimum atomic E-state index is -1.83. The Balaban J connectivity index is 0.000000192. The van der Waals surface area contributed by atoms with E-state index < -0.39 is 19.2 Å². The first kappa shape index (κ1) is 37.7. The fourth-order valence-corrected chi connectivity index (χ4v) is 10.4. The largest absolute Gasteiger partial charge is 0.501 e. The standard InChI is InChI=1S/C28H24NO.C21H22GeN.Ir/c1-18(2)19(3)21-14-15-29-26(16-21)25-11-7-10-24-23-13-12-22(17-27(23)30-28(24)25)20-8-5-4-6-9-20;1-16-14-21(23-15-20(16)22(2,3)4)19-12-10-18(11-13-19)17-8-6-5-7-9-17;/h4-10,12-19H,1-3H3;5-12,14-15H,1-4H3;/q2*-1;/i19D;;. The summed E-state index contributed by atoms with van der Waals surface area (Å²) in [5.74, 6) is 6.72. The molecule has 1 radical (unpaired) electrons. The SMILES string of the molecule is Cc1cc(-c2[c-]cc(-c3ccccc3)cc2)nc[c]1[Ge]([CH3])([CH3])[CH3].[2H]C(C)(c1ccnc(-c2[c-]ccc3c2oc2cc(-c4ccccc4)ccc23)c1)C(C)C.[Ir]. The normalized spacial score (nSPS) is 12.8. The number of fused-ring (bicyclic) bond motifs is 3. The summed E-state index contributed by atoms with van der Waals surface area (Å²) in [4.78, 5) is 9.29. The van der Waals surface area contributed by atoms with E-state index in [0.29, 0.717) is 0 Å². The van der Waals surface area contributed by atoms with Gasteiger partial charge in [0.15, 0.2) is 0 Å². The van der Waals surface area contributed by atoms with Gasteiger partial charge in [0.25, 0.3) is 0 Å². The maximum Gasteiger partial charge on any atom is 0.121 e. The summed E-state index contributed by atoms with van der Waals surface area (Å²) < 4.78 is 16.6. The molecule has 0 spiro atoms. The number of rotatable bonds is 7. The van der Waals surface area contributed by atoms with Gasteiger partial charge in [-0.15, -0.1) is 18.2 Å². The monoisotopic (exact) mass is 946 g/mol. The molecule has 3 aromatic heterocycles. The fraction of sp³-hybridized carbons (Fsp3) is 0.184. The Hall–Kier alpha value is -4.61. The number of hydrogen-bond acceptors (Lipinski definition) is 3. The minimum absolute atomic E-state index is 0. The summed E-state index contributed by atoms with van der Waals surface area (Å²) in [6.07, 6.45) is 3.87. The van der Waals surface area contributed by atoms with Crippen LogP contribution >= 0.6 is 0 Å². The molecule has 3 heterocycles. The second-order valence-electron chi connectivity index (χ2n) is 15.0. The fourth-order valence-electron chi connectivity index (χ4n) is 6.77. The van der Waals surface area contributed by atoms with Crippen molar-refractivity contribution >= 4 is 39.6 Å². The Labute approximate surface area is 338 Å². The zero-order chi connectivity index (χ0) is 38.0. The predicted octanol–water partition coefficient (Wildman–Crippen LogP) is 12.9. The van der Waals surface area contributed by atoms with E-state index in [0.717, 1.165) is 61.1 Å². The van der Waals surface area contributed by atoms with Crippen LogP contribution < -0.4 is 4.40 Å². The molecule has 1 unspecified atom stereocenters. The average molecular weight is 945 g/mol. The molecule has 5 aromatic carbocycles. The van der Waals surface area contributed by atoms with Crippen LogP contribution in [0.25, 0.3) is 66.7 Å². The molecule has 0 bridgehead atoms. The predicted molar refractivity (Wildman–Crippen MR) is 226 cm³/mol. The van der Waals surface area contributed by atoms with Crippen LogP contribution in [0.4, 0.5) is 0 Å². The number of furan rings is 1. The second-order valence-corrected chi connectivity index (χ2v) is 25.6. The number of benzene rings is 5. The molecule has 5 heteroatoms. The molecule has 3 nitrogen and oxygen atoms in total. The van der Waals surface area contributed by atoms with Crippen LogP contribution in [0.5, 0.6) is 0 Å². The maximum atomic E-state index is 8.78. The number of pyridine rings is 2. The van der Waals surface area contributed by atoms with Crippen molar-refractivity contribution in [2.24, 2.45) is 5.92 Å². The van der Waals surface area contributed by atoms with Crippen molar-refractivity contribution in [2.75, 3.05) is 0 Å². The zero-order valence-electron chi connectivity index (χ0n) is 33.0. The van der Waals surface area contributed by atoms with E-state index in [9.17, 15) is 0 Å². The van der Waals surface area contributed by atoms with Crippen molar-refractivity contribution in [1.82, 2.24) is 9.97 Å². The van der Waals surface area contributed by atoms with Gasteiger partial charge in [0.1, 0.15) is 5.58 Å². The second kappa shape index (κ2) is 16.8. The van der Waals surface area contributed by atoms with E-state index >= 15 is 0 Å². The summed E-state index contributed by atoms with van der Waals surface area (Å²) in [7, 11) is 0. The molecular formula is C49H46GeIrN2O-2. The van der Waals surface area contributed by atoms with Crippen molar-refractivity contribution in [3.63, 3.8) is 0 Å². The van der Waals surface area contributed by atoms with Crippen LogP contribution in [0.1, 0.15) is 39.2 Å². The van der Waals surface area contributed by atoms with Crippen LogP contribution in [-0.4, -0.2) is 23.2 Å². The van der Waals surface area contributed by atoms with E-state index in [1.807, 2.05) is 55.5 Å². The molecule has 8 aromatic rings. The first-order valence-electron chi connectivity index (χ1n) is 18.8. The van der Waals surface area contributed by atoms with Gasteiger partial charge >= 0.3 is 142 Å². The van der Waals surface area contributed by atoms with Crippen molar-refractivity contribution in [3.8, 4) is 44.8 Å². The summed E-state index contributed by atoms with van der Waals surface area (Å²) in [6, 6.07) is 50.2. The van der Waals surface area contributed by atoms with Crippen LogP contribution in [0.2, 0.25) is 17.3 Å². The molecule has 54 heavy (non-hydrogen) atoms. The third-order valence-corrected chi connectivity index (χ3v) is 14.5. The van der Waals surface area contributed by atoms with Crippen molar-refractivity contribution in [3.05, 3.63) is 163 Å². The van der Waals surface area contributed by atoms with Gasteiger partial charge in [-0.3, -0.25) is 0 Å². The summed E-state index contributed by atoms with van der Waals surface area (Å²) in [5.41, 5.74) is 12.3. The van der Waals surface area contributed by atoms with Gasteiger partial charge in [-0.1, -0.05) is 85.8 Å². The Bertz CT molecular complexity index is 2540. The van der Waals surface area contributed by atoms with Crippen molar-refractivity contribution < 1.29 is 25.9 Å². The van der Waals surface area contributed by atoms with Gasteiger partial charge in [0, 0.05) is 33.1 Å². The van der Waals surface area contributed by atoms with Crippen LogP contribution in [-0.2, 0) is 20.1 Å². The smallest absolute Gasteiger partial charge is 0.121 e. The molecule has 0 saturated carbocycles. The van der Waals surface area contributed by atoms with Gasteiger partial charge in [-0.25, -0.2) is 0 Å². The van der Waals surface area contributed by atoms with Crippen LogP contribution in [0.3, 0.4) is 0 Å². The number of hydrogen-bond donors (Lipinski definition) is 0. The Morgan fingerprint density at radius 2 is 1.37 bits per heavy atom. The summed E-state index contributed by atoms with van der Waals surface area (Å²) in [5, 5.41) is 2.13.